The number of non-ortho nitro benzene ring substituents is 1. The summed E-state index contributed by atoms with van der Waals surface area (Å²) in [6.07, 6.45) is 0. The molecule has 1 amide bonds. The fraction of sp³-hybridized carbons (Fsp3) is 0.250. The van der Waals surface area contributed by atoms with Crippen molar-refractivity contribution in [3.05, 3.63) is 62.5 Å². The minimum atomic E-state index is -0.837. The van der Waals surface area contributed by atoms with Crippen LogP contribution in [0.1, 0.15) is 25.3 Å². The molecule has 3 N–H and O–H groups in total. The van der Waals surface area contributed by atoms with E-state index in [9.17, 15) is 19.7 Å². The maximum absolute atomic E-state index is 12.2. The highest BCUT2D eigenvalue weighted by Gasteiger charge is 2.36. The Bertz CT molecular complexity index is 795. The first-order valence-electron chi connectivity index (χ1n) is 7.09. The number of hydrogen-bond acceptors (Lipinski definition) is 6. The van der Waals surface area contributed by atoms with Crippen LogP contribution in [0.15, 0.2) is 46.8 Å². The molecule has 2 rings (SSSR count). The van der Waals surface area contributed by atoms with Crippen molar-refractivity contribution in [2.24, 2.45) is 5.73 Å². The number of carbonyl (C=O) groups is 2. The Morgan fingerprint density at radius 1 is 1.25 bits per heavy atom. The van der Waals surface area contributed by atoms with Gasteiger partial charge in [0, 0.05) is 29.1 Å². The summed E-state index contributed by atoms with van der Waals surface area (Å²) < 4.78 is 4.81. The summed E-state index contributed by atoms with van der Waals surface area (Å²) in [5.74, 6) is -2.19. The van der Waals surface area contributed by atoms with Crippen molar-refractivity contribution in [3.63, 3.8) is 0 Å². The number of nitrogens with two attached hydrogens (primary N) is 1. The van der Waals surface area contributed by atoms with Gasteiger partial charge in [0.15, 0.2) is 0 Å². The molecule has 0 bridgehead atoms. The van der Waals surface area contributed by atoms with E-state index >= 15 is 0 Å². The van der Waals surface area contributed by atoms with E-state index in [4.69, 9.17) is 10.5 Å². The van der Waals surface area contributed by atoms with E-state index in [2.05, 4.69) is 5.32 Å². The van der Waals surface area contributed by atoms with Gasteiger partial charge in [0.2, 0.25) is 5.91 Å². The van der Waals surface area contributed by atoms with Crippen LogP contribution >= 0.6 is 0 Å². The predicted molar refractivity (Wildman–Crippen MR) is 85.6 cm³/mol. The van der Waals surface area contributed by atoms with Crippen LogP contribution in [0.25, 0.3) is 0 Å². The first-order chi connectivity index (χ1) is 11.3. The molecule has 1 aromatic carbocycles. The van der Waals surface area contributed by atoms with Crippen molar-refractivity contribution < 1.29 is 19.2 Å². The predicted octanol–water partition coefficient (Wildman–Crippen LogP) is 1.49. The summed E-state index contributed by atoms with van der Waals surface area (Å²) in [5.41, 5.74) is 7.11. The van der Waals surface area contributed by atoms with Gasteiger partial charge in [-0.15, -0.1) is 0 Å². The lowest BCUT2D eigenvalue weighted by molar-refractivity contribution is -0.384. The van der Waals surface area contributed by atoms with E-state index in [-0.39, 0.29) is 16.8 Å². The molecule has 0 aromatic heterocycles. The van der Waals surface area contributed by atoms with Gasteiger partial charge in [0.05, 0.1) is 23.5 Å². The molecule has 0 spiro atoms. The monoisotopic (exact) mass is 331 g/mol. The van der Waals surface area contributed by atoms with Crippen molar-refractivity contribution >= 4 is 17.6 Å². The fourth-order valence-electron chi connectivity index (χ4n) is 2.85. The Hall–Kier alpha value is -3.16. The normalized spacial score (nSPS) is 17.4. The summed E-state index contributed by atoms with van der Waals surface area (Å²) in [5, 5.41) is 14.0. The van der Waals surface area contributed by atoms with Crippen molar-refractivity contribution in [1.29, 1.82) is 0 Å². The lowest BCUT2D eigenvalue weighted by Gasteiger charge is -2.29. The number of nitrogens with one attached hydrogen (secondary N) is 1. The molecular weight excluding hydrogens is 314 g/mol. The first-order valence-corrected chi connectivity index (χ1v) is 7.09. The zero-order valence-electron chi connectivity index (χ0n) is 13.5. The number of ether oxygens (including phenoxy) is 1. The molecule has 0 aliphatic carbocycles. The molecule has 1 aliphatic rings. The third-order valence-corrected chi connectivity index (χ3v) is 3.85. The smallest absolute Gasteiger partial charge is 0.336 e. The van der Waals surface area contributed by atoms with Crippen LogP contribution in [0, 0.1) is 10.1 Å². The topological polar surface area (TPSA) is 125 Å². The summed E-state index contributed by atoms with van der Waals surface area (Å²) in [6, 6.07) is 5.75. The van der Waals surface area contributed by atoms with Gasteiger partial charge in [-0.25, -0.2) is 4.79 Å². The van der Waals surface area contributed by atoms with Crippen molar-refractivity contribution in [3.8, 4) is 0 Å². The van der Waals surface area contributed by atoms with Gasteiger partial charge in [0.1, 0.15) is 0 Å². The first kappa shape index (κ1) is 17.2. The number of methoxy groups -OCH3 is 1. The number of amides is 1. The van der Waals surface area contributed by atoms with Crippen molar-refractivity contribution in [1.82, 2.24) is 5.32 Å². The second kappa shape index (κ2) is 6.53. The van der Waals surface area contributed by atoms with Crippen LogP contribution in [-0.4, -0.2) is 23.9 Å². The molecule has 1 aliphatic heterocycles. The van der Waals surface area contributed by atoms with Gasteiger partial charge in [0.25, 0.3) is 5.69 Å². The summed E-state index contributed by atoms with van der Waals surface area (Å²) >= 11 is 0. The number of esters is 1. The molecule has 1 atom stereocenters. The Balaban J connectivity index is 2.72. The van der Waals surface area contributed by atoms with E-state index < -0.39 is 22.7 Å². The summed E-state index contributed by atoms with van der Waals surface area (Å²) in [4.78, 5) is 34.7. The molecule has 0 radical (unpaired) electrons. The second-order valence-electron chi connectivity index (χ2n) is 5.34. The molecular formula is C16H17N3O5. The Morgan fingerprint density at radius 3 is 2.42 bits per heavy atom. The highest BCUT2D eigenvalue weighted by Crippen LogP contribution is 2.39. The average Bonchev–Trinajstić information content (AvgIpc) is 2.53. The number of allylic oxidation sites excluding steroid dienone is 2. The number of nitro benzene ring substituents is 1. The molecule has 126 valence electrons. The lowest BCUT2D eigenvalue weighted by Crippen LogP contribution is -2.34. The van der Waals surface area contributed by atoms with Gasteiger partial charge < -0.3 is 15.8 Å². The third-order valence-electron chi connectivity index (χ3n) is 3.85. The number of hydrogen-bond donors (Lipinski definition) is 2. The molecule has 1 aromatic rings. The number of benzene rings is 1. The van der Waals surface area contributed by atoms with Crippen LogP contribution in [-0.2, 0) is 14.3 Å². The number of nitrogens with zero attached hydrogens (tertiary/aromatic N) is 1. The Kier molecular flexibility index (Phi) is 4.68. The van der Waals surface area contributed by atoms with Crippen LogP contribution in [0.5, 0.6) is 0 Å². The number of rotatable bonds is 4. The number of dihydropyridines is 1. The molecule has 0 saturated heterocycles. The minimum Gasteiger partial charge on any atom is -0.466 e. The van der Waals surface area contributed by atoms with Crippen LogP contribution in [0.2, 0.25) is 0 Å². The summed E-state index contributed by atoms with van der Waals surface area (Å²) in [7, 11) is 1.22. The quantitative estimate of drug-likeness (QED) is 0.489. The molecule has 0 fully saturated rings. The minimum absolute atomic E-state index is 0.144. The zero-order valence-corrected chi connectivity index (χ0v) is 13.5. The van der Waals surface area contributed by atoms with Gasteiger partial charge >= 0.3 is 5.97 Å². The van der Waals surface area contributed by atoms with Crippen LogP contribution < -0.4 is 11.1 Å². The highest BCUT2D eigenvalue weighted by atomic mass is 16.6. The standard InChI is InChI=1S/C16H17N3O5/c1-8-12(15(17)20)14(13(9(2)18-8)16(21)24-3)10-5-4-6-11(7-10)19(22)23/h4-7,14,18H,1-3H3,(H2,17,20). The van der Waals surface area contributed by atoms with E-state index in [1.54, 1.807) is 19.9 Å². The largest absolute Gasteiger partial charge is 0.466 e. The highest BCUT2D eigenvalue weighted by molar-refractivity contribution is 6.01. The Labute approximate surface area is 138 Å². The molecule has 1 unspecified atom stereocenters. The van der Waals surface area contributed by atoms with Gasteiger partial charge in [-0.3, -0.25) is 14.9 Å². The molecule has 8 heteroatoms. The number of carbonyl (C=O) groups excluding carboxylic acids is 2. The van der Waals surface area contributed by atoms with Crippen molar-refractivity contribution in [2.75, 3.05) is 7.11 Å². The van der Waals surface area contributed by atoms with Crippen molar-refractivity contribution in [2.45, 2.75) is 19.8 Å². The summed E-state index contributed by atoms with van der Waals surface area (Å²) in [6.45, 7) is 3.32. The molecule has 1 heterocycles. The Morgan fingerprint density at radius 2 is 1.88 bits per heavy atom. The average molecular weight is 331 g/mol. The van der Waals surface area contributed by atoms with Crippen LogP contribution in [0.3, 0.4) is 0 Å². The zero-order chi connectivity index (χ0) is 18.0. The second-order valence-corrected chi connectivity index (χ2v) is 5.34. The van der Waals surface area contributed by atoms with Crippen LogP contribution in [0.4, 0.5) is 5.69 Å². The van der Waals surface area contributed by atoms with E-state index in [0.29, 0.717) is 17.0 Å². The molecule has 24 heavy (non-hydrogen) atoms. The van der Waals surface area contributed by atoms with E-state index in [0.717, 1.165) is 0 Å². The SMILES string of the molecule is COC(=O)C1=C(C)NC(C)=C(C(N)=O)C1c1cccc([N+](=O)[O-])c1. The lowest BCUT2D eigenvalue weighted by atomic mass is 9.80. The number of primary amides is 1. The molecule has 8 nitrogen and oxygen atoms in total. The van der Waals surface area contributed by atoms with Gasteiger partial charge in [-0.1, -0.05) is 12.1 Å². The number of nitro groups is 1. The maximum atomic E-state index is 12.2. The van der Waals surface area contributed by atoms with E-state index in [1.807, 2.05) is 0 Å². The maximum Gasteiger partial charge on any atom is 0.336 e. The van der Waals surface area contributed by atoms with E-state index in [1.165, 1.54) is 25.3 Å². The third kappa shape index (κ3) is 2.98. The fourth-order valence-corrected chi connectivity index (χ4v) is 2.85. The van der Waals surface area contributed by atoms with Gasteiger partial charge in [-0.2, -0.15) is 0 Å². The molecule has 0 saturated carbocycles. The van der Waals surface area contributed by atoms with Gasteiger partial charge in [-0.05, 0) is 19.4 Å².